The quantitative estimate of drug-likeness (QED) is 0.652. The second-order valence-electron chi connectivity index (χ2n) is 4.22. The molecule has 3 rings (SSSR count). The molecule has 0 aliphatic rings. The lowest BCUT2D eigenvalue weighted by Crippen LogP contribution is -2.05. The second kappa shape index (κ2) is 4.94. The van der Waals surface area contributed by atoms with Crippen LogP contribution in [0, 0.1) is 0 Å². The van der Waals surface area contributed by atoms with Gasteiger partial charge in [0.15, 0.2) is 0 Å². The zero-order valence-electron chi connectivity index (χ0n) is 9.78. The van der Waals surface area contributed by atoms with Gasteiger partial charge in [-0.25, -0.2) is 0 Å². The van der Waals surface area contributed by atoms with Gasteiger partial charge in [0.2, 0.25) is 5.56 Å². The van der Waals surface area contributed by atoms with Gasteiger partial charge >= 0.3 is 0 Å². The van der Waals surface area contributed by atoms with E-state index in [-0.39, 0.29) is 5.56 Å². The van der Waals surface area contributed by atoms with E-state index in [1.54, 1.807) is 6.07 Å². The highest BCUT2D eigenvalue weighted by Crippen LogP contribution is 2.32. The number of nitrogens with one attached hydrogen (secondary N) is 1. The van der Waals surface area contributed by atoms with Crippen LogP contribution in [0.5, 0.6) is 0 Å². The highest BCUT2D eigenvalue weighted by atomic mass is 79.9. The topological polar surface area (TPSA) is 32.9 Å². The van der Waals surface area contributed by atoms with E-state index >= 15 is 0 Å². The van der Waals surface area contributed by atoms with Crippen LogP contribution in [0.15, 0.2) is 62.3 Å². The first-order valence-corrected chi connectivity index (χ1v) is 7.31. The average Bonchev–Trinajstić information content (AvgIpc) is 2.40. The van der Waals surface area contributed by atoms with E-state index in [2.05, 4.69) is 36.8 Å². The fourth-order valence-corrected chi connectivity index (χ4v) is 3.46. The van der Waals surface area contributed by atoms with E-state index in [0.717, 1.165) is 31.0 Å². The molecule has 2 nitrogen and oxygen atoms in total. The molecule has 3 aromatic rings. The van der Waals surface area contributed by atoms with Gasteiger partial charge in [-0.1, -0.05) is 46.3 Å². The van der Waals surface area contributed by atoms with Gasteiger partial charge in [-0.05, 0) is 39.2 Å². The zero-order valence-corrected chi connectivity index (χ0v) is 13.0. The molecule has 1 N–H and O–H groups in total. The molecule has 4 heteroatoms. The number of hydrogen-bond acceptors (Lipinski definition) is 1. The van der Waals surface area contributed by atoms with Crippen LogP contribution >= 0.6 is 31.9 Å². The molecular formula is C15H9Br2NO. The van der Waals surface area contributed by atoms with Crippen molar-refractivity contribution in [1.29, 1.82) is 0 Å². The van der Waals surface area contributed by atoms with Gasteiger partial charge in [0.25, 0.3) is 0 Å². The second-order valence-corrected chi connectivity index (χ2v) is 5.99. The molecule has 0 aliphatic carbocycles. The van der Waals surface area contributed by atoms with Crippen LogP contribution in [0.2, 0.25) is 0 Å². The summed E-state index contributed by atoms with van der Waals surface area (Å²) in [6.45, 7) is 0. The minimum atomic E-state index is -0.102. The molecule has 1 aromatic heterocycles. The molecule has 0 saturated heterocycles. The van der Waals surface area contributed by atoms with Crippen molar-refractivity contribution in [3.63, 3.8) is 0 Å². The first kappa shape index (κ1) is 12.6. The fraction of sp³-hybridized carbons (Fsp3) is 0. The van der Waals surface area contributed by atoms with Crippen molar-refractivity contribution in [1.82, 2.24) is 4.98 Å². The minimum absolute atomic E-state index is 0.102. The molecule has 0 unspecified atom stereocenters. The summed E-state index contributed by atoms with van der Waals surface area (Å²) in [7, 11) is 0. The van der Waals surface area contributed by atoms with Gasteiger partial charge in [0.05, 0.1) is 5.52 Å². The standard InChI is InChI=1S/C15H9Br2NO/c16-10-6-12-11(9-4-2-1-3-5-9)8-14(19)18-15(12)13(17)7-10/h1-8H,(H,18,19). The smallest absolute Gasteiger partial charge is 0.249 e. The Morgan fingerprint density at radius 1 is 0.947 bits per heavy atom. The zero-order chi connectivity index (χ0) is 13.4. The lowest BCUT2D eigenvalue weighted by molar-refractivity contribution is 1.30. The van der Waals surface area contributed by atoms with E-state index in [1.165, 1.54) is 0 Å². The number of hydrogen-bond donors (Lipinski definition) is 1. The molecular weight excluding hydrogens is 370 g/mol. The Bertz CT molecular complexity index is 809. The predicted molar refractivity (Wildman–Crippen MR) is 85.4 cm³/mol. The maximum atomic E-state index is 11.8. The molecule has 0 radical (unpaired) electrons. The van der Waals surface area contributed by atoms with E-state index in [9.17, 15) is 4.79 Å². The molecule has 0 spiro atoms. The van der Waals surface area contributed by atoms with Crippen LogP contribution in [0.1, 0.15) is 0 Å². The number of fused-ring (bicyclic) bond motifs is 1. The molecule has 94 valence electrons. The Balaban J connectivity index is 2.45. The highest BCUT2D eigenvalue weighted by molar-refractivity contribution is 9.11. The third-order valence-electron chi connectivity index (χ3n) is 2.95. The number of aromatic nitrogens is 1. The summed E-state index contributed by atoms with van der Waals surface area (Å²) in [5.74, 6) is 0. The van der Waals surface area contributed by atoms with Crippen molar-refractivity contribution < 1.29 is 0 Å². The Kier molecular flexibility index (Phi) is 3.29. The van der Waals surface area contributed by atoms with Crippen molar-refractivity contribution in [2.24, 2.45) is 0 Å². The first-order chi connectivity index (χ1) is 9.15. The van der Waals surface area contributed by atoms with Crippen LogP contribution in [0.25, 0.3) is 22.0 Å². The lowest BCUT2D eigenvalue weighted by atomic mass is 10.0. The van der Waals surface area contributed by atoms with E-state index in [0.29, 0.717) is 0 Å². The Morgan fingerprint density at radius 2 is 1.68 bits per heavy atom. The normalized spacial score (nSPS) is 10.8. The Hall–Kier alpha value is -1.39. The number of H-pyrrole nitrogens is 1. The summed E-state index contributed by atoms with van der Waals surface area (Å²) in [5, 5.41) is 1.01. The van der Waals surface area contributed by atoms with E-state index in [4.69, 9.17) is 0 Å². The average molecular weight is 379 g/mol. The number of halogens is 2. The summed E-state index contributed by atoms with van der Waals surface area (Å²) in [6.07, 6.45) is 0. The molecule has 0 fully saturated rings. The van der Waals surface area contributed by atoms with Crippen LogP contribution in [0.3, 0.4) is 0 Å². The van der Waals surface area contributed by atoms with Gasteiger partial charge < -0.3 is 4.98 Å². The van der Waals surface area contributed by atoms with Crippen LogP contribution in [0.4, 0.5) is 0 Å². The Labute approximate surface area is 126 Å². The number of pyridine rings is 1. The van der Waals surface area contributed by atoms with Crippen LogP contribution in [-0.2, 0) is 0 Å². The van der Waals surface area contributed by atoms with Crippen molar-refractivity contribution in [3.05, 3.63) is 67.8 Å². The summed E-state index contributed by atoms with van der Waals surface area (Å²) >= 11 is 6.97. The number of aromatic amines is 1. The molecule has 0 amide bonds. The SMILES string of the molecule is O=c1cc(-c2ccccc2)c2cc(Br)cc(Br)c2[nH]1. The largest absolute Gasteiger partial charge is 0.321 e. The van der Waals surface area contributed by atoms with E-state index < -0.39 is 0 Å². The van der Waals surface area contributed by atoms with Gasteiger partial charge in [0, 0.05) is 20.4 Å². The monoisotopic (exact) mass is 377 g/mol. The maximum absolute atomic E-state index is 11.8. The fourth-order valence-electron chi connectivity index (χ4n) is 2.14. The summed E-state index contributed by atoms with van der Waals surface area (Å²) < 4.78 is 1.84. The van der Waals surface area contributed by atoms with E-state index in [1.807, 2.05) is 42.5 Å². The third kappa shape index (κ3) is 2.38. The highest BCUT2D eigenvalue weighted by Gasteiger charge is 2.09. The molecule has 0 aliphatic heterocycles. The van der Waals surface area contributed by atoms with Crippen LogP contribution in [-0.4, -0.2) is 4.98 Å². The predicted octanol–water partition coefficient (Wildman–Crippen LogP) is 4.72. The third-order valence-corrected chi connectivity index (χ3v) is 4.04. The molecule has 0 atom stereocenters. The molecule has 0 saturated carbocycles. The summed E-state index contributed by atoms with van der Waals surface area (Å²) in [5.41, 5.74) is 2.67. The molecule has 0 bridgehead atoms. The van der Waals surface area contributed by atoms with Crippen molar-refractivity contribution >= 4 is 42.8 Å². The lowest BCUT2D eigenvalue weighted by Gasteiger charge is -2.08. The first-order valence-electron chi connectivity index (χ1n) is 5.72. The van der Waals surface area contributed by atoms with Crippen molar-refractivity contribution in [3.8, 4) is 11.1 Å². The maximum Gasteiger partial charge on any atom is 0.249 e. The Morgan fingerprint density at radius 3 is 2.42 bits per heavy atom. The van der Waals surface area contributed by atoms with Gasteiger partial charge in [-0.15, -0.1) is 0 Å². The van der Waals surface area contributed by atoms with Gasteiger partial charge in [-0.2, -0.15) is 0 Å². The molecule has 1 heterocycles. The minimum Gasteiger partial charge on any atom is -0.321 e. The van der Waals surface area contributed by atoms with Gasteiger partial charge in [0.1, 0.15) is 0 Å². The number of rotatable bonds is 1. The summed E-state index contributed by atoms with van der Waals surface area (Å²) in [6, 6.07) is 15.5. The van der Waals surface area contributed by atoms with Crippen molar-refractivity contribution in [2.45, 2.75) is 0 Å². The number of benzene rings is 2. The molecule has 2 aromatic carbocycles. The summed E-state index contributed by atoms with van der Waals surface area (Å²) in [4.78, 5) is 14.7. The van der Waals surface area contributed by atoms with Crippen molar-refractivity contribution in [2.75, 3.05) is 0 Å². The molecule has 19 heavy (non-hydrogen) atoms. The van der Waals surface area contributed by atoms with Gasteiger partial charge in [-0.3, -0.25) is 4.79 Å². The van der Waals surface area contributed by atoms with Crippen LogP contribution < -0.4 is 5.56 Å².